The molecule has 1 fully saturated rings. The lowest BCUT2D eigenvalue weighted by molar-refractivity contribution is -0.139. The number of nitrogens with one attached hydrogen (secondary N) is 1. The predicted molar refractivity (Wildman–Crippen MR) is 79.4 cm³/mol. The summed E-state index contributed by atoms with van der Waals surface area (Å²) >= 11 is 0.617. The van der Waals surface area contributed by atoms with Gasteiger partial charge in [-0.15, -0.1) is 11.3 Å². The monoisotopic (exact) mass is 342 g/mol. The molecule has 122 valence electrons. The first kappa shape index (κ1) is 15.8. The molecule has 2 aromatic rings. The van der Waals surface area contributed by atoms with Crippen LogP contribution >= 0.6 is 11.3 Å². The lowest BCUT2D eigenvalue weighted by atomic mass is 10.1. The standard InChI is InChI=1S/C15H13F3N2O2S/c16-15(17,18)14-20-7-10(23-14)6-19-9-3-1-8(2-4-9)11-5-12(11)13(21)22/h1-4,7,11-12,19H,5-6H2,(H,21,22)/t11-,12+/m0/s1. The van der Waals surface area contributed by atoms with Crippen LogP contribution in [-0.2, 0) is 17.5 Å². The van der Waals surface area contributed by atoms with Gasteiger partial charge in [0.25, 0.3) is 0 Å². The Morgan fingerprint density at radius 3 is 2.57 bits per heavy atom. The van der Waals surface area contributed by atoms with Gasteiger partial charge in [0.15, 0.2) is 5.01 Å². The second kappa shape index (κ2) is 5.84. The first-order valence-corrected chi connectivity index (χ1v) is 7.75. The minimum atomic E-state index is -4.41. The number of halogens is 3. The maximum atomic E-state index is 12.5. The van der Waals surface area contributed by atoms with Crippen LogP contribution in [0.1, 0.15) is 27.8 Å². The van der Waals surface area contributed by atoms with Crippen molar-refractivity contribution in [3.63, 3.8) is 0 Å². The van der Waals surface area contributed by atoms with Crippen molar-refractivity contribution in [1.82, 2.24) is 4.98 Å². The largest absolute Gasteiger partial charge is 0.481 e. The summed E-state index contributed by atoms with van der Waals surface area (Å²) in [4.78, 5) is 14.7. The third-order valence-electron chi connectivity index (χ3n) is 3.71. The van der Waals surface area contributed by atoms with Gasteiger partial charge in [0.05, 0.1) is 12.5 Å². The number of anilines is 1. The smallest absolute Gasteiger partial charge is 0.443 e. The molecule has 1 aromatic carbocycles. The third kappa shape index (κ3) is 3.64. The Hall–Kier alpha value is -2.09. The Bertz CT molecular complexity index is 712. The number of nitrogens with zero attached hydrogens (tertiary/aromatic N) is 1. The number of aromatic nitrogens is 1. The topological polar surface area (TPSA) is 62.2 Å². The van der Waals surface area contributed by atoms with Crippen molar-refractivity contribution >= 4 is 23.0 Å². The SMILES string of the molecule is O=C(O)[C@@H]1C[C@H]1c1ccc(NCc2cnc(C(F)(F)F)s2)cc1. The Balaban J connectivity index is 1.57. The van der Waals surface area contributed by atoms with Crippen LogP contribution in [0.4, 0.5) is 18.9 Å². The summed E-state index contributed by atoms with van der Waals surface area (Å²) in [7, 11) is 0. The Labute approximate surface area is 134 Å². The van der Waals surface area contributed by atoms with Crippen molar-refractivity contribution < 1.29 is 23.1 Å². The number of rotatable bonds is 5. The fraction of sp³-hybridized carbons (Fsp3) is 0.333. The molecule has 4 nitrogen and oxygen atoms in total. The van der Waals surface area contributed by atoms with Crippen molar-refractivity contribution in [2.45, 2.75) is 25.1 Å². The predicted octanol–water partition coefficient (Wildman–Crippen LogP) is 3.96. The average Bonchev–Trinajstić information content (AvgIpc) is 3.15. The number of aliphatic carboxylic acids is 1. The van der Waals surface area contributed by atoms with Crippen LogP contribution in [0, 0.1) is 5.92 Å². The van der Waals surface area contributed by atoms with E-state index in [0.29, 0.717) is 22.6 Å². The van der Waals surface area contributed by atoms with E-state index in [2.05, 4.69) is 10.3 Å². The van der Waals surface area contributed by atoms with E-state index >= 15 is 0 Å². The summed E-state index contributed by atoms with van der Waals surface area (Å²) in [5.41, 5.74) is 1.74. The Kier molecular flexibility index (Phi) is 4.01. The van der Waals surface area contributed by atoms with Gasteiger partial charge >= 0.3 is 12.1 Å². The van der Waals surface area contributed by atoms with Crippen LogP contribution in [-0.4, -0.2) is 16.1 Å². The van der Waals surface area contributed by atoms with Crippen molar-refractivity contribution in [3.05, 3.63) is 45.9 Å². The van der Waals surface area contributed by atoms with E-state index in [4.69, 9.17) is 5.11 Å². The van der Waals surface area contributed by atoms with Gasteiger partial charge in [-0.2, -0.15) is 13.2 Å². The van der Waals surface area contributed by atoms with Crippen LogP contribution in [0.25, 0.3) is 0 Å². The summed E-state index contributed by atoms with van der Waals surface area (Å²) in [6, 6.07) is 7.31. The molecule has 0 bridgehead atoms. The van der Waals surface area contributed by atoms with Gasteiger partial charge in [-0.25, -0.2) is 4.98 Å². The van der Waals surface area contributed by atoms with E-state index in [0.717, 1.165) is 11.3 Å². The number of carboxylic acids is 1. The quantitative estimate of drug-likeness (QED) is 0.863. The maximum absolute atomic E-state index is 12.5. The number of alkyl halides is 3. The molecule has 1 aromatic heterocycles. The van der Waals surface area contributed by atoms with Gasteiger partial charge in [-0.05, 0) is 30.0 Å². The van der Waals surface area contributed by atoms with Gasteiger partial charge < -0.3 is 10.4 Å². The Morgan fingerprint density at radius 1 is 1.35 bits per heavy atom. The molecule has 0 radical (unpaired) electrons. The zero-order chi connectivity index (χ0) is 16.6. The number of benzene rings is 1. The molecular weight excluding hydrogens is 329 g/mol. The molecular formula is C15H13F3N2O2S. The molecule has 1 aliphatic carbocycles. The lowest BCUT2D eigenvalue weighted by Gasteiger charge is -2.06. The summed E-state index contributed by atoms with van der Waals surface area (Å²) in [5, 5.41) is 11.1. The molecule has 0 aliphatic heterocycles. The van der Waals surface area contributed by atoms with Crippen LogP contribution in [0.3, 0.4) is 0 Å². The summed E-state index contributed by atoms with van der Waals surface area (Å²) in [5.74, 6) is -1.01. The minimum Gasteiger partial charge on any atom is -0.481 e. The summed E-state index contributed by atoms with van der Waals surface area (Å²) in [6.07, 6.45) is -2.53. The molecule has 23 heavy (non-hydrogen) atoms. The molecule has 0 spiro atoms. The van der Waals surface area contributed by atoms with E-state index in [-0.39, 0.29) is 18.4 Å². The van der Waals surface area contributed by atoms with Crippen LogP contribution < -0.4 is 5.32 Å². The summed E-state index contributed by atoms with van der Waals surface area (Å²) in [6.45, 7) is 0.258. The van der Waals surface area contributed by atoms with Crippen LogP contribution in [0.15, 0.2) is 30.5 Å². The fourth-order valence-electron chi connectivity index (χ4n) is 2.39. The fourth-order valence-corrected chi connectivity index (χ4v) is 3.11. The molecule has 2 atom stereocenters. The van der Waals surface area contributed by atoms with Crippen molar-refractivity contribution in [3.8, 4) is 0 Å². The normalized spacial score (nSPS) is 20.3. The number of hydrogen-bond acceptors (Lipinski definition) is 4. The molecule has 8 heteroatoms. The highest BCUT2D eigenvalue weighted by atomic mass is 32.1. The van der Waals surface area contributed by atoms with Gasteiger partial charge in [-0.1, -0.05) is 12.1 Å². The highest BCUT2D eigenvalue weighted by Crippen LogP contribution is 2.47. The van der Waals surface area contributed by atoms with Crippen LogP contribution in [0.5, 0.6) is 0 Å². The zero-order valence-electron chi connectivity index (χ0n) is 11.8. The average molecular weight is 342 g/mol. The second-order valence-corrected chi connectivity index (χ2v) is 6.51. The third-order valence-corrected chi connectivity index (χ3v) is 4.75. The molecule has 1 heterocycles. The highest BCUT2D eigenvalue weighted by molar-refractivity contribution is 7.11. The first-order chi connectivity index (χ1) is 10.8. The van der Waals surface area contributed by atoms with Crippen molar-refractivity contribution in [2.24, 2.45) is 5.92 Å². The van der Waals surface area contributed by atoms with E-state index in [1.165, 1.54) is 6.20 Å². The molecule has 3 rings (SSSR count). The van der Waals surface area contributed by atoms with Gasteiger partial charge in [0.1, 0.15) is 0 Å². The van der Waals surface area contributed by atoms with Crippen LogP contribution in [0.2, 0.25) is 0 Å². The molecule has 1 aliphatic rings. The van der Waals surface area contributed by atoms with E-state index < -0.39 is 17.2 Å². The minimum absolute atomic E-state index is 0.0670. The molecule has 0 unspecified atom stereocenters. The first-order valence-electron chi connectivity index (χ1n) is 6.93. The number of carboxylic acid groups (broad SMARTS) is 1. The second-order valence-electron chi connectivity index (χ2n) is 5.39. The van der Waals surface area contributed by atoms with E-state index in [9.17, 15) is 18.0 Å². The number of carbonyl (C=O) groups is 1. The van der Waals surface area contributed by atoms with E-state index in [1.807, 2.05) is 12.1 Å². The Morgan fingerprint density at radius 2 is 2.04 bits per heavy atom. The molecule has 0 saturated heterocycles. The zero-order valence-corrected chi connectivity index (χ0v) is 12.6. The van der Waals surface area contributed by atoms with Crippen molar-refractivity contribution in [2.75, 3.05) is 5.32 Å². The van der Waals surface area contributed by atoms with Crippen molar-refractivity contribution in [1.29, 1.82) is 0 Å². The van der Waals surface area contributed by atoms with Gasteiger partial charge in [0.2, 0.25) is 0 Å². The van der Waals surface area contributed by atoms with Gasteiger partial charge in [-0.3, -0.25) is 4.79 Å². The summed E-state index contributed by atoms with van der Waals surface area (Å²) < 4.78 is 37.4. The van der Waals surface area contributed by atoms with E-state index in [1.54, 1.807) is 12.1 Å². The molecule has 0 amide bonds. The number of hydrogen-bond donors (Lipinski definition) is 2. The highest BCUT2D eigenvalue weighted by Gasteiger charge is 2.44. The molecule has 1 saturated carbocycles. The molecule has 2 N–H and O–H groups in total. The number of thiazole rings is 1. The lowest BCUT2D eigenvalue weighted by Crippen LogP contribution is -2.03. The van der Waals surface area contributed by atoms with Gasteiger partial charge in [0, 0.05) is 16.8 Å². The maximum Gasteiger partial charge on any atom is 0.443 e.